The Morgan fingerprint density at radius 2 is 1.92 bits per heavy atom. The smallest absolute Gasteiger partial charge is 0.407 e. The normalized spacial score (nSPS) is 13.1. The molecule has 1 amide bonds. The number of amides is 1. The Balaban J connectivity index is 1.74. The lowest BCUT2D eigenvalue weighted by Crippen LogP contribution is -2.29. The summed E-state index contributed by atoms with van der Waals surface area (Å²) in [5, 5.41) is 23.4. The molecule has 7 heteroatoms. The van der Waals surface area contributed by atoms with Gasteiger partial charge in [-0.15, -0.1) is 0 Å². The Morgan fingerprint density at radius 3 is 2.60 bits per heavy atom. The average molecular weight is 429 g/mol. The summed E-state index contributed by atoms with van der Waals surface area (Å²) in [6, 6.07) is 14.3. The second kappa shape index (κ2) is 9.77. The van der Waals surface area contributed by atoms with Gasteiger partial charge in [-0.3, -0.25) is 0 Å². The molecule has 134 valence electrons. The third-order valence-electron chi connectivity index (χ3n) is 3.57. The highest BCUT2D eigenvalue weighted by atomic mass is 79.9. The van der Waals surface area contributed by atoms with Crippen molar-refractivity contribution in [3.63, 3.8) is 0 Å². The molecule has 25 heavy (non-hydrogen) atoms. The van der Waals surface area contributed by atoms with Crippen molar-refractivity contribution in [2.45, 2.75) is 25.2 Å². The minimum atomic E-state index is -1.09. The van der Waals surface area contributed by atoms with Crippen LogP contribution >= 0.6 is 27.5 Å². The predicted octanol–water partition coefficient (Wildman–Crippen LogP) is 3.81. The van der Waals surface area contributed by atoms with Gasteiger partial charge in [0.15, 0.2) is 0 Å². The summed E-state index contributed by atoms with van der Waals surface area (Å²) in [6.45, 7) is 0.354. The van der Waals surface area contributed by atoms with Crippen LogP contribution in [-0.2, 0) is 11.3 Å². The highest BCUT2D eigenvalue weighted by molar-refractivity contribution is 9.10. The molecule has 0 saturated carbocycles. The van der Waals surface area contributed by atoms with Gasteiger partial charge in [-0.1, -0.05) is 63.9 Å². The quantitative estimate of drug-likeness (QED) is 0.626. The van der Waals surface area contributed by atoms with Gasteiger partial charge in [0.2, 0.25) is 0 Å². The van der Waals surface area contributed by atoms with Crippen LogP contribution in [0.25, 0.3) is 0 Å². The molecule has 0 aliphatic carbocycles. The van der Waals surface area contributed by atoms with Gasteiger partial charge in [0.1, 0.15) is 12.7 Å². The number of carbonyl (C=O) groups is 1. The van der Waals surface area contributed by atoms with Crippen molar-refractivity contribution < 1.29 is 19.7 Å². The van der Waals surface area contributed by atoms with Crippen molar-refractivity contribution in [3.8, 4) is 0 Å². The molecule has 5 nitrogen and oxygen atoms in total. The van der Waals surface area contributed by atoms with Crippen LogP contribution in [0.4, 0.5) is 4.79 Å². The van der Waals surface area contributed by atoms with Crippen molar-refractivity contribution in [1.29, 1.82) is 0 Å². The SMILES string of the molecule is O=C(NCCC(O)C(O)c1ccc(Cl)cc1Br)OCc1ccccc1. The zero-order chi connectivity index (χ0) is 18.2. The first-order valence-electron chi connectivity index (χ1n) is 7.73. The minimum Gasteiger partial charge on any atom is -0.445 e. The van der Waals surface area contributed by atoms with Crippen LogP contribution in [0.1, 0.15) is 23.7 Å². The lowest BCUT2D eigenvalue weighted by atomic mass is 10.0. The Hall–Kier alpha value is -1.60. The summed E-state index contributed by atoms with van der Waals surface area (Å²) in [7, 11) is 0. The highest BCUT2D eigenvalue weighted by Gasteiger charge is 2.20. The highest BCUT2D eigenvalue weighted by Crippen LogP contribution is 2.29. The van der Waals surface area contributed by atoms with Gasteiger partial charge >= 0.3 is 6.09 Å². The first kappa shape index (κ1) is 19.7. The third-order valence-corrected chi connectivity index (χ3v) is 4.49. The number of carbonyl (C=O) groups excluding carboxylic acids is 1. The summed E-state index contributed by atoms with van der Waals surface area (Å²) in [6.07, 6.45) is -2.52. The molecule has 2 unspecified atom stereocenters. The summed E-state index contributed by atoms with van der Waals surface area (Å²) in [5.41, 5.74) is 1.42. The number of benzene rings is 2. The molecule has 2 aromatic rings. The summed E-state index contributed by atoms with van der Waals surface area (Å²) in [4.78, 5) is 11.6. The molecule has 0 fully saturated rings. The number of halogens is 2. The van der Waals surface area contributed by atoms with E-state index in [1.54, 1.807) is 18.2 Å². The largest absolute Gasteiger partial charge is 0.445 e. The lowest BCUT2D eigenvalue weighted by Gasteiger charge is -2.19. The first-order chi connectivity index (χ1) is 12.0. The number of nitrogens with one attached hydrogen (secondary N) is 1. The summed E-state index contributed by atoms with van der Waals surface area (Å²) in [5.74, 6) is 0. The fourth-order valence-electron chi connectivity index (χ4n) is 2.20. The van der Waals surface area contributed by atoms with E-state index in [2.05, 4.69) is 21.2 Å². The fraction of sp³-hybridized carbons (Fsp3) is 0.278. The predicted molar refractivity (Wildman–Crippen MR) is 99.4 cm³/mol. The maximum Gasteiger partial charge on any atom is 0.407 e. The van der Waals surface area contributed by atoms with Crippen LogP contribution in [-0.4, -0.2) is 29.0 Å². The second-order valence-corrected chi connectivity index (χ2v) is 6.75. The van der Waals surface area contributed by atoms with Crippen molar-refractivity contribution in [1.82, 2.24) is 5.32 Å². The van der Waals surface area contributed by atoms with E-state index in [1.807, 2.05) is 30.3 Å². The Morgan fingerprint density at radius 1 is 1.20 bits per heavy atom. The second-order valence-electron chi connectivity index (χ2n) is 5.46. The summed E-state index contributed by atoms with van der Waals surface area (Å²) >= 11 is 9.16. The van der Waals surface area contributed by atoms with E-state index in [0.717, 1.165) is 5.56 Å². The number of alkyl carbamates (subject to hydrolysis) is 1. The number of hydrogen-bond donors (Lipinski definition) is 3. The van der Waals surface area contributed by atoms with Crippen molar-refractivity contribution >= 4 is 33.6 Å². The Kier molecular flexibility index (Phi) is 7.71. The van der Waals surface area contributed by atoms with Crippen LogP contribution in [0.2, 0.25) is 5.02 Å². The molecule has 2 rings (SSSR count). The van der Waals surface area contributed by atoms with E-state index < -0.39 is 18.3 Å². The van der Waals surface area contributed by atoms with Gasteiger partial charge in [0, 0.05) is 16.0 Å². The standard InChI is InChI=1S/C18H19BrClNO4/c19-15-10-13(20)6-7-14(15)17(23)16(22)8-9-21-18(24)25-11-12-4-2-1-3-5-12/h1-7,10,16-17,22-23H,8-9,11H2,(H,21,24). The maximum absolute atomic E-state index is 11.6. The molecule has 0 heterocycles. The topological polar surface area (TPSA) is 78.8 Å². The first-order valence-corrected chi connectivity index (χ1v) is 8.90. The monoisotopic (exact) mass is 427 g/mol. The Labute approximate surface area is 159 Å². The van der Waals surface area contributed by atoms with Crippen LogP contribution < -0.4 is 5.32 Å². The molecule has 3 N–H and O–H groups in total. The molecule has 0 aromatic heterocycles. The van der Waals surface area contributed by atoms with Gasteiger partial charge in [0.25, 0.3) is 0 Å². The van der Waals surface area contributed by atoms with E-state index >= 15 is 0 Å². The van der Waals surface area contributed by atoms with E-state index in [9.17, 15) is 15.0 Å². The maximum atomic E-state index is 11.6. The summed E-state index contributed by atoms with van der Waals surface area (Å²) < 4.78 is 5.68. The molecule has 0 spiro atoms. The molecule has 2 atom stereocenters. The van der Waals surface area contributed by atoms with Crippen molar-refractivity contribution in [2.75, 3.05) is 6.54 Å². The average Bonchev–Trinajstić information content (AvgIpc) is 2.60. The van der Waals surface area contributed by atoms with Crippen LogP contribution in [0.5, 0.6) is 0 Å². The van der Waals surface area contributed by atoms with E-state index in [1.165, 1.54) is 0 Å². The molecule has 0 aliphatic heterocycles. The molecule has 0 bridgehead atoms. The molecular weight excluding hydrogens is 410 g/mol. The number of hydrogen-bond acceptors (Lipinski definition) is 4. The van der Waals surface area contributed by atoms with Crippen LogP contribution in [0.15, 0.2) is 53.0 Å². The van der Waals surface area contributed by atoms with Crippen molar-refractivity contribution in [3.05, 3.63) is 69.2 Å². The number of rotatable bonds is 7. The lowest BCUT2D eigenvalue weighted by molar-refractivity contribution is 0.0132. The van der Waals surface area contributed by atoms with E-state index in [4.69, 9.17) is 16.3 Å². The zero-order valence-corrected chi connectivity index (χ0v) is 15.7. The van der Waals surface area contributed by atoms with Crippen molar-refractivity contribution in [2.24, 2.45) is 0 Å². The zero-order valence-electron chi connectivity index (χ0n) is 13.4. The van der Waals surface area contributed by atoms with Gasteiger partial charge < -0.3 is 20.3 Å². The van der Waals surface area contributed by atoms with Crippen LogP contribution in [0.3, 0.4) is 0 Å². The third kappa shape index (κ3) is 6.32. The van der Waals surface area contributed by atoms with Crippen LogP contribution in [0, 0.1) is 0 Å². The van der Waals surface area contributed by atoms with Gasteiger partial charge in [-0.25, -0.2) is 4.79 Å². The molecule has 2 aromatic carbocycles. The molecule has 0 aliphatic rings. The number of aliphatic hydroxyl groups is 2. The van der Waals surface area contributed by atoms with E-state index in [0.29, 0.717) is 15.1 Å². The van der Waals surface area contributed by atoms with Gasteiger partial charge in [0.05, 0.1) is 6.10 Å². The molecule has 0 radical (unpaired) electrons. The Bertz CT molecular complexity index is 699. The fourth-order valence-corrected chi connectivity index (χ4v) is 3.12. The minimum absolute atomic E-state index is 0.176. The molecule has 0 saturated heterocycles. The molecular formula is C18H19BrClNO4. The van der Waals surface area contributed by atoms with Gasteiger partial charge in [-0.2, -0.15) is 0 Å². The number of aliphatic hydroxyl groups excluding tert-OH is 2. The number of ether oxygens (including phenoxy) is 1. The van der Waals surface area contributed by atoms with E-state index in [-0.39, 0.29) is 19.6 Å². The van der Waals surface area contributed by atoms with Gasteiger partial charge in [-0.05, 0) is 29.7 Å².